The minimum Gasteiger partial charge on any atom is -0.487 e. The summed E-state index contributed by atoms with van der Waals surface area (Å²) in [6, 6.07) is 3.95. The molecule has 102 valence electrons. The molecule has 1 unspecified atom stereocenters. The first-order valence-electron chi connectivity index (χ1n) is 5.62. The third-order valence-electron chi connectivity index (χ3n) is 2.74. The Hall–Kier alpha value is -2.35. The van der Waals surface area contributed by atoms with E-state index in [2.05, 4.69) is 5.16 Å². The van der Waals surface area contributed by atoms with Gasteiger partial charge in [0.25, 0.3) is 5.69 Å². The van der Waals surface area contributed by atoms with Crippen LogP contribution in [0.15, 0.2) is 23.4 Å². The fraction of sp³-hybridized carbons (Fsp3) is 0.364. The van der Waals surface area contributed by atoms with Crippen molar-refractivity contribution in [2.75, 3.05) is 13.2 Å². The minimum atomic E-state index is -0.559. The van der Waals surface area contributed by atoms with Crippen LogP contribution in [0.5, 0.6) is 5.75 Å². The lowest BCUT2D eigenvalue weighted by molar-refractivity contribution is -0.384. The highest BCUT2D eigenvalue weighted by Crippen LogP contribution is 2.26. The molecule has 0 spiro atoms. The number of nitrogens with zero attached hydrogens (tertiary/aromatic N) is 2. The van der Waals surface area contributed by atoms with Gasteiger partial charge in [0.15, 0.2) is 5.84 Å². The van der Waals surface area contributed by atoms with Crippen LogP contribution in [0.25, 0.3) is 0 Å². The van der Waals surface area contributed by atoms with Gasteiger partial charge in [-0.2, -0.15) is 0 Å². The van der Waals surface area contributed by atoms with Crippen molar-refractivity contribution in [2.45, 2.75) is 12.5 Å². The number of nitrogens with two attached hydrogens (primary N) is 1. The molecule has 1 fully saturated rings. The first kappa shape index (κ1) is 13.1. The molecule has 8 heteroatoms. The summed E-state index contributed by atoms with van der Waals surface area (Å²) < 4.78 is 10.8. The summed E-state index contributed by atoms with van der Waals surface area (Å²) in [6.45, 7) is 1.06. The number of hydrogen-bond donors (Lipinski definition) is 2. The highest BCUT2D eigenvalue weighted by Gasteiger charge is 2.21. The molecule has 19 heavy (non-hydrogen) atoms. The van der Waals surface area contributed by atoms with Crippen LogP contribution >= 0.6 is 0 Å². The zero-order valence-corrected chi connectivity index (χ0v) is 9.98. The number of ether oxygens (including phenoxy) is 2. The average Bonchev–Trinajstić information content (AvgIpc) is 2.91. The topological polar surface area (TPSA) is 120 Å². The molecule has 1 aromatic rings. The average molecular weight is 267 g/mol. The maximum Gasteiger partial charge on any atom is 0.270 e. The van der Waals surface area contributed by atoms with Crippen molar-refractivity contribution in [1.82, 2.24) is 0 Å². The lowest BCUT2D eigenvalue weighted by Crippen LogP contribution is -2.20. The van der Waals surface area contributed by atoms with Crippen LogP contribution in [-0.4, -0.2) is 35.3 Å². The van der Waals surface area contributed by atoms with Crippen LogP contribution in [0.1, 0.15) is 12.0 Å². The number of hydrogen-bond acceptors (Lipinski definition) is 6. The lowest BCUT2D eigenvalue weighted by Gasteiger charge is -2.14. The van der Waals surface area contributed by atoms with Crippen LogP contribution < -0.4 is 10.5 Å². The van der Waals surface area contributed by atoms with Crippen molar-refractivity contribution in [3.05, 3.63) is 33.9 Å². The summed E-state index contributed by atoms with van der Waals surface area (Å²) in [5.74, 6) is 0.0917. The number of rotatable bonds is 4. The van der Waals surface area contributed by atoms with Crippen LogP contribution in [0.2, 0.25) is 0 Å². The molecular formula is C11H13N3O5. The number of oxime groups is 1. The molecule has 0 saturated carbocycles. The fourth-order valence-electron chi connectivity index (χ4n) is 1.77. The van der Waals surface area contributed by atoms with Gasteiger partial charge in [0.1, 0.15) is 11.9 Å². The van der Waals surface area contributed by atoms with E-state index in [9.17, 15) is 10.1 Å². The normalized spacial score (nSPS) is 19.4. The maximum absolute atomic E-state index is 10.7. The Labute approximate surface area is 108 Å². The molecule has 8 nitrogen and oxygen atoms in total. The number of nitro groups is 1. The van der Waals surface area contributed by atoms with E-state index in [-0.39, 0.29) is 23.2 Å². The Morgan fingerprint density at radius 2 is 2.42 bits per heavy atom. The third-order valence-corrected chi connectivity index (χ3v) is 2.74. The van der Waals surface area contributed by atoms with Crippen molar-refractivity contribution in [3.63, 3.8) is 0 Å². The van der Waals surface area contributed by atoms with Gasteiger partial charge in [-0.3, -0.25) is 10.1 Å². The fourth-order valence-corrected chi connectivity index (χ4v) is 1.77. The SMILES string of the molecule is NC(=NO)c1cc([N+](=O)[O-])ccc1OC1CCOC1. The zero-order chi connectivity index (χ0) is 13.8. The molecule has 2 rings (SSSR count). The molecule has 0 bridgehead atoms. The van der Waals surface area contributed by atoms with Gasteiger partial charge in [-0.25, -0.2) is 0 Å². The smallest absolute Gasteiger partial charge is 0.270 e. The van der Waals surface area contributed by atoms with Gasteiger partial charge in [0, 0.05) is 18.6 Å². The van der Waals surface area contributed by atoms with Crippen LogP contribution in [0.4, 0.5) is 5.69 Å². The minimum absolute atomic E-state index is 0.133. The Balaban J connectivity index is 2.32. The monoisotopic (exact) mass is 267 g/mol. The molecule has 0 aliphatic carbocycles. The van der Waals surface area contributed by atoms with E-state index in [1.807, 2.05) is 0 Å². The first-order valence-corrected chi connectivity index (χ1v) is 5.62. The summed E-state index contributed by atoms with van der Waals surface area (Å²) in [5.41, 5.74) is 5.53. The number of benzene rings is 1. The van der Waals surface area contributed by atoms with E-state index in [0.717, 1.165) is 6.42 Å². The van der Waals surface area contributed by atoms with Gasteiger partial charge >= 0.3 is 0 Å². The second-order valence-electron chi connectivity index (χ2n) is 4.03. The Kier molecular flexibility index (Phi) is 3.81. The van der Waals surface area contributed by atoms with Gasteiger partial charge in [0.2, 0.25) is 0 Å². The Bertz CT molecular complexity index is 511. The summed E-state index contributed by atoms with van der Waals surface area (Å²) in [5, 5.41) is 22.3. The van der Waals surface area contributed by atoms with E-state index in [1.54, 1.807) is 0 Å². The van der Waals surface area contributed by atoms with Gasteiger partial charge in [-0.05, 0) is 6.07 Å². The van der Waals surface area contributed by atoms with Crippen LogP contribution in [-0.2, 0) is 4.74 Å². The second-order valence-corrected chi connectivity index (χ2v) is 4.03. The molecule has 1 aliphatic heterocycles. The van der Waals surface area contributed by atoms with Crippen molar-refractivity contribution >= 4 is 11.5 Å². The molecule has 3 N–H and O–H groups in total. The molecular weight excluding hydrogens is 254 g/mol. The summed E-state index contributed by atoms with van der Waals surface area (Å²) >= 11 is 0. The van der Waals surface area contributed by atoms with Crippen LogP contribution in [0.3, 0.4) is 0 Å². The first-order chi connectivity index (χ1) is 9.11. The highest BCUT2D eigenvalue weighted by molar-refractivity contribution is 6.00. The molecule has 1 aromatic carbocycles. The van der Waals surface area contributed by atoms with E-state index in [0.29, 0.717) is 19.0 Å². The van der Waals surface area contributed by atoms with Crippen LogP contribution in [0, 0.1) is 10.1 Å². The third kappa shape index (κ3) is 2.91. The Morgan fingerprint density at radius 3 is 3.00 bits per heavy atom. The van der Waals surface area contributed by atoms with E-state index in [1.165, 1.54) is 18.2 Å². The zero-order valence-electron chi connectivity index (χ0n) is 9.98. The maximum atomic E-state index is 10.7. The van der Waals surface area contributed by atoms with Gasteiger partial charge in [-0.1, -0.05) is 5.16 Å². The second kappa shape index (κ2) is 5.53. The van der Waals surface area contributed by atoms with Crippen molar-refractivity contribution in [3.8, 4) is 5.75 Å². The molecule has 1 saturated heterocycles. The number of non-ortho nitro benzene ring substituents is 1. The van der Waals surface area contributed by atoms with E-state index in [4.69, 9.17) is 20.4 Å². The molecule has 0 radical (unpaired) electrons. The highest BCUT2D eigenvalue weighted by atomic mass is 16.6. The quantitative estimate of drug-likeness (QED) is 0.274. The molecule has 0 amide bonds. The molecule has 1 heterocycles. The van der Waals surface area contributed by atoms with Gasteiger partial charge in [0.05, 0.1) is 23.7 Å². The number of amidine groups is 1. The molecule has 1 aliphatic rings. The lowest BCUT2D eigenvalue weighted by atomic mass is 10.1. The van der Waals surface area contributed by atoms with Gasteiger partial charge < -0.3 is 20.4 Å². The van der Waals surface area contributed by atoms with Gasteiger partial charge in [-0.15, -0.1) is 0 Å². The summed E-state index contributed by atoms with van der Waals surface area (Å²) in [7, 11) is 0. The van der Waals surface area contributed by atoms with Crippen molar-refractivity contribution in [2.24, 2.45) is 10.9 Å². The van der Waals surface area contributed by atoms with Crippen molar-refractivity contribution < 1.29 is 19.6 Å². The Morgan fingerprint density at radius 1 is 1.63 bits per heavy atom. The standard InChI is InChI=1S/C11H13N3O5/c12-11(13-15)9-5-7(14(16)17)1-2-10(9)19-8-3-4-18-6-8/h1-2,5,8,15H,3-4,6H2,(H2,12,13). The molecule has 1 atom stereocenters. The van der Waals surface area contributed by atoms with E-state index >= 15 is 0 Å². The predicted molar refractivity (Wildman–Crippen MR) is 65.5 cm³/mol. The van der Waals surface area contributed by atoms with Crippen molar-refractivity contribution in [1.29, 1.82) is 0 Å². The molecule has 0 aromatic heterocycles. The van der Waals surface area contributed by atoms with E-state index < -0.39 is 4.92 Å². The largest absolute Gasteiger partial charge is 0.487 e. The predicted octanol–water partition coefficient (Wildman–Crippen LogP) is 0.857. The summed E-state index contributed by atoms with van der Waals surface area (Å²) in [4.78, 5) is 10.2. The number of nitro benzene ring substituents is 1. The summed E-state index contributed by atoms with van der Waals surface area (Å²) in [6.07, 6.45) is 0.596.